The summed E-state index contributed by atoms with van der Waals surface area (Å²) in [7, 11) is 1.68. The van der Waals surface area contributed by atoms with Gasteiger partial charge < -0.3 is 14.7 Å². The van der Waals surface area contributed by atoms with Crippen LogP contribution in [0.1, 0.15) is 28.9 Å². The van der Waals surface area contributed by atoms with Gasteiger partial charge in [-0.05, 0) is 30.9 Å². The third-order valence-electron chi connectivity index (χ3n) is 4.18. The van der Waals surface area contributed by atoms with E-state index in [1.807, 2.05) is 18.2 Å². The van der Waals surface area contributed by atoms with E-state index in [4.69, 9.17) is 9.84 Å². The SMILES string of the molecule is COc1ccccc1CC1CCCN1c1cnc(C(=O)O)cn1. The molecule has 3 rings (SSSR count). The molecule has 1 aliphatic heterocycles. The minimum absolute atomic E-state index is 0.0331. The van der Waals surface area contributed by atoms with Crippen LogP contribution in [-0.2, 0) is 6.42 Å². The zero-order valence-corrected chi connectivity index (χ0v) is 13.0. The Balaban J connectivity index is 1.78. The molecule has 1 aromatic carbocycles. The summed E-state index contributed by atoms with van der Waals surface area (Å²) in [6.45, 7) is 0.904. The third kappa shape index (κ3) is 3.26. The summed E-state index contributed by atoms with van der Waals surface area (Å²) in [5.41, 5.74) is 1.14. The summed E-state index contributed by atoms with van der Waals surface area (Å²) in [6.07, 6.45) is 5.88. The largest absolute Gasteiger partial charge is 0.496 e. The predicted octanol–water partition coefficient (Wildman–Crippen LogP) is 2.39. The highest BCUT2D eigenvalue weighted by Crippen LogP contribution is 2.28. The van der Waals surface area contributed by atoms with Gasteiger partial charge in [-0.3, -0.25) is 0 Å². The Bertz CT molecular complexity index is 688. The highest BCUT2D eigenvalue weighted by molar-refractivity contribution is 5.84. The lowest BCUT2D eigenvalue weighted by Crippen LogP contribution is -2.32. The Morgan fingerprint density at radius 3 is 2.87 bits per heavy atom. The first kappa shape index (κ1) is 15.3. The smallest absolute Gasteiger partial charge is 0.356 e. The van der Waals surface area contributed by atoms with Crippen molar-refractivity contribution in [2.24, 2.45) is 0 Å². The van der Waals surface area contributed by atoms with Gasteiger partial charge in [-0.2, -0.15) is 0 Å². The van der Waals surface area contributed by atoms with Crippen molar-refractivity contribution in [3.63, 3.8) is 0 Å². The third-order valence-corrected chi connectivity index (χ3v) is 4.18. The van der Waals surface area contributed by atoms with Crippen LogP contribution in [0.5, 0.6) is 5.75 Å². The van der Waals surface area contributed by atoms with Crippen LogP contribution in [0, 0.1) is 0 Å². The molecule has 0 saturated carbocycles. The number of aromatic carboxylic acids is 1. The van der Waals surface area contributed by atoms with E-state index in [-0.39, 0.29) is 5.69 Å². The Labute approximate surface area is 134 Å². The molecule has 2 heterocycles. The topological polar surface area (TPSA) is 75.5 Å². The van der Waals surface area contributed by atoms with E-state index in [1.54, 1.807) is 13.3 Å². The molecule has 1 aliphatic rings. The number of aromatic nitrogens is 2. The predicted molar refractivity (Wildman–Crippen MR) is 86.1 cm³/mol. The summed E-state index contributed by atoms with van der Waals surface area (Å²) in [5.74, 6) is 0.565. The van der Waals surface area contributed by atoms with Gasteiger partial charge in [-0.15, -0.1) is 0 Å². The van der Waals surface area contributed by atoms with Gasteiger partial charge in [0.25, 0.3) is 0 Å². The number of methoxy groups -OCH3 is 1. The fourth-order valence-corrected chi connectivity index (χ4v) is 3.05. The Morgan fingerprint density at radius 1 is 1.35 bits per heavy atom. The molecule has 1 saturated heterocycles. The molecular weight excluding hydrogens is 294 g/mol. The van der Waals surface area contributed by atoms with Crippen LogP contribution in [0.25, 0.3) is 0 Å². The second kappa shape index (κ2) is 6.64. The highest BCUT2D eigenvalue weighted by Gasteiger charge is 2.27. The van der Waals surface area contributed by atoms with Gasteiger partial charge in [0.05, 0.1) is 19.5 Å². The molecule has 0 amide bonds. The molecule has 1 fully saturated rings. The molecule has 1 N–H and O–H groups in total. The van der Waals surface area contributed by atoms with Gasteiger partial charge in [0, 0.05) is 12.6 Å². The first-order valence-corrected chi connectivity index (χ1v) is 7.63. The fraction of sp³-hybridized carbons (Fsp3) is 0.353. The van der Waals surface area contributed by atoms with Gasteiger partial charge in [0.1, 0.15) is 11.6 Å². The highest BCUT2D eigenvalue weighted by atomic mass is 16.5. The fourth-order valence-electron chi connectivity index (χ4n) is 3.05. The lowest BCUT2D eigenvalue weighted by molar-refractivity contribution is 0.0690. The molecule has 1 aromatic heterocycles. The van der Waals surface area contributed by atoms with Crippen molar-refractivity contribution in [2.75, 3.05) is 18.6 Å². The van der Waals surface area contributed by atoms with Crippen molar-refractivity contribution in [1.29, 1.82) is 0 Å². The molecule has 0 aliphatic carbocycles. The van der Waals surface area contributed by atoms with E-state index >= 15 is 0 Å². The lowest BCUT2D eigenvalue weighted by Gasteiger charge is -2.26. The van der Waals surface area contributed by atoms with Crippen LogP contribution in [-0.4, -0.2) is 40.7 Å². The van der Waals surface area contributed by atoms with Crippen LogP contribution in [0.3, 0.4) is 0 Å². The van der Waals surface area contributed by atoms with Crippen LogP contribution >= 0.6 is 0 Å². The number of benzene rings is 1. The first-order chi connectivity index (χ1) is 11.2. The normalized spacial score (nSPS) is 17.3. The number of anilines is 1. The molecule has 6 nitrogen and oxygen atoms in total. The van der Waals surface area contributed by atoms with E-state index in [9.17, 15) is 4.79 Å². The molecule has 0 spiro atoms. The second-order valence-electron chi connectivity index (χ2n) is 5.57. The van der Waals surface area contributed by atoms with Crippen molar-refractivity contribution < 1.29 is 14.6 Å². The number of carbonyl (C=O) groups is 1. The van der Waals surface area contributed by atoms with Crippen LogP contribution in [0.15, 0.2) is 36.7 Å². The number of ether oxygens (including phenoxy) is 1. The zero-order chi connectivity index (χ0) is 16.2. The minimum atomic E-state index is -1.06. The number of nitrogens with zero attached hydrogens (tertiary/aromatic N) is 3. The summed E-state index contributed by atoms with van der Waals surface area (Å²) >= 11 is 0. The van der Waals surface area contributed by atoms with Crippen LogP contribution in [0.2, 0.25) is 0 Å². The van der Waals surface area contributed by atoms with Crippen LogP contribution in [0.4, 0.5) is 5.82 Å². The van der Waals surface area contributed by atoms with Crippen molar-refractivity contribution in [1.82, 2.24) is 9.97 Å². The maximum atomic E-state index is 10.9. The van der Waals surface area contributed by atoms with E-state index in [1.165, 1.54) is 11.8 Å². The molecule has 2 aromatic rings. The maximum Gasteiger partial charge on any atom is 0.356 e. The average Bonchev–Trinajstić information content (AvgIpc) is 3.03. The quantitative estimate of drug-likeness (QED) is 0.913. The molecule has 120 valence electrons. The number of hydrogen-bond donors (Lipinski definition) is 1. The first-order valence-electron chi connectivity index (χ1n) is 7.63. The van der Waals surface area contributed by atoms with E-state index in [2.05, 4.69) is 20.9 Å². The number of para-hydroxylation sites is 1. The minimum Gasteiger partial charge on any atom is -0.496 e. The van der Waals surface area contributed by atoms with Gasteiger partial charge in [-0.1, -0.05) is 18.2 Å². The van der Waals surface area contributed by atoms with Crippen molar-refractivity contribution in [3.05, 3.63) is 47.9 Å². The Morgan fingerprint density at radius 2 is 2.17 bits per heavy atom. The van der Waals surface area contributed by atoms with Crippen molar-refractivity contribution in [2.45, 2.75) is 25.3 Å². The Kier molecular flexibility index (Phi) is 4.41. The van der Waals surface area contributed by atoms with E-state index in [0.29, 0.717) is 6.04 Å². The van der Waals surface area contributed by atoms with Gasteiger partial charge in [0.15, 0.2) is 5.69 Å². The number of hydrogen-bond acceptors (Lipinski definition) is 5. The molecule has 1 unspecified atom stereocenters. The van der Waals surface area contributed by atoms with Crippen LogP contribution < -0.4 is 9.64 Å². The Hall–Kier alpha value is -2.63. The molecule has 23 heavy (non-hydrogen) atoms. The van der Waals surface area contributed by atoms with Crippen molar-refractivity contribution in [3.8, 4) is 5.75 Å². The van der Waals surface area contributed by atoms with E-state index in [0.717, 1.165) is 37.4 Å². The number of carboxylic acid groups (broad SMARTS) is 1. The monoisotopic (exact) mass is 313 g/mol. The number of rotatable bonds is 5. The molecule has 6 heteroatoms. The average molecular weight is 313 g/mol. The summed E-state index contributed by atoms with van der Waals surface area (Å²) in [5, 5.41) is 8.92. The standard InChI is InChI=1S/C17H19N3O3/c1-23-15-7-3-2-5-12(15)9-13-6-4-8-20(13)16-11-18-14(10-19-16)17(21)22/h2-3,5,7,10-11,13H,4,6,8-9H2,1H3,(H,21,22). The van der Waals surface area contributed by atoms with E-state index < -0.39 is 5.97 Å². The second-order valence-corrected chi connectivity index (χ2v) is 5.57. The number of carboxylic acids is 1. The molecule has 0 bridgehead atoms. The summed E-state index contributed by atoms with van der Waals surface area (Å²) < 4.78 is 5.43. The lowest BCUT2D eigenvalue weighted by atomic mass is 10.0. The van der Waals surface area contributed by atoms with Crippen molar-refractivity contribution >= 4 is 11.8 Å². The molecular formula is C17H19N3O3. The van der Waals surface area contributed by atoms with Gasteiger partial charge in [0.2, 0.25) is 0 Å². The van der Waals surface area contributed by atoms with Gasteiger partial charge >= 0.3 is 5.97 Å². The summed E-state index contributed by atoms with van der Waals surface area (Å²) in [6, 6.07) is 8.34. The van der Waals surface area contributed by atoms with Gasteiger partial charge in [-0.25, -0.2) is 14.8 Å². The summed E-state index contributed by atoms with van der Waals surface area (Å²) in [4.78, 5) is 21.3. The molecule has 1 atom stereocenters. The zero-order valence-electron chi connectivity index (χ0n) is 13.0. The maximum absolute atomic E-state index is 10.9. The molecule has 0 radical (unpaired) electrons.